The van der Waals surface area contributed by atoms with Gasteiger partial charge >= 0.3 is 0 Å². The summed E-state index contributed by atoms with van der Waals surface area (Å²) in [6, 6.07) is 11.7. The number of amides is 1. The van der Waals surface area contributed by atoms with Crippen LogP contribution in [0.1, 0.15) is 60.6 Å². The van der Waals surface area contributed by atoms with Crippen LogP contribution in [0.25, 0.3) is 11.3 Å². The molecule has 0 spiro atoms. The summed E-state index contributed by atoms with van der Waals surface area (Å²) in [5, 5.41) is 15.7. The Morgan fingerprint density at radius 1 is 1.24 bits per heavy atom. The molecule has 38 heavy (non-hydrogen) atoms. The van der Waals surface area contributed by atoms with E-state index in [4.69, 9.17) is 19.4 Å². The van der Waals surface area contributed by atoms with E-state index in [2.05, 4.69) is 34.7 Å². The number of nitriles is 1. The van der Waals surface area contributed by atoms with Crippen LogP contribution < -0.4 is 15.4 Å². The predicted octanol–water partition coefficient (Wildman–Crippen LogP) is 4.71. The van der Waals surface area contributed by atoms with Crippen LogP contribution in [0.4, 0.5) is 11.6 Å². The van der Waals surface area contributed by atoms with Crippen molar-refractivity contribution in [1.82, 2.24) is 20.3 Å². The highest BCUT2D eigenvalue weighted by Gasteiger charge is 2.38. The van der Waals surface area contributed by atoms with Crippen molar-refractivity contribution >= 4 is 17.5 Å². The summed E-state index contributed by atoms with van der Waals surface area (Å²) in [5.74, 6) is 0.783. The highest BCUT2D eigenvalue weighted by Crippen LogP contribution is 2.44. The Morgan fingerprint density at radius 2 is 2.08 bits per heavy atom. The van der Waals surface area contributed by atoms with Crippen LogP contribution in [0, 0.1) is 11.3 Å². The first-order valence-corrected chi connectivity index (χ1v) is 13.1. The zero-order valence-corrected chi connectivity index (χ0v) is 21.8. The van der Waals surface area contributed by atoms with E-state index in [9.17, 15) is 10.1 Å². The summed E-state index contributed by atoms with van der Waals surface area (Å²) in [6.45, 7) is 3.47. The third kappa shape index (κ3) is 5.18. The van der Waals surface area contributed by atoms with Crippen LogP contribution in [0.5, 0.6) is 5.75 Å². The quantitative estimate of drug-likeness (QED) is 0.445. The molecule has 196 valence electrons. The molecule has 1 atom stereocenters. The Kier molecular flexibility index (Phi) is 7.52. The molecule has 1 aliphatic heterocycles. The molecule has 1 saturated heterocycles. The van der Waals surface area contributed by atoms with Gasteiger partial charge < -0.3 is 20.1 Å². The first-order chi connectivity index (χ1) is 18.5. The van der Waals surface area contributed by atoms with Gasteiger partial charge in [0, 0.05) is 60.3 Å². The molecule has 1 aliphatic carbocycles. The molecule has 2 N–H and O–H groups in total. The van der Waals surface area contributed by atoms with Crippen molar-refractivity contribution in [2.45, 2.75) is 56.9 Å². The number of pyridine rings is 1. The Bertz CT molecular complexity index is 1360. The Morgan fingerprint density at radius 3 is 2.84 bits per heavy atom. The topological polar surface area (TPSA) is 122 Å². The van der Waals surface area contributed by atoms with Crippen LogP contribution in [0.2, 0.25) is 0 Å². The summed E-state index contributed by atoms with van der Waals surface area (Å²) in [7, 11) is 1.56. The van der Waals surface area contributed by atoms with Gasteiger partial charge in [-0.1, -0.05) is 6.92 Å². The Balaban J connectivity index is 1.35. The lowest BCUT2D eigenvalue weighted by Gasteiger charge is -2.26. The third-order valence-electron chi connectivity index (χ3n) is 7.69. The summed E-state index contributed by atoms with van der Waals surface area (Å²) in [6.07, 6.45) is 8.39. The molecule has 3 heterocycles. The number of hydrogen-bond acceptors (Lipinski definition) is 8. The minimum atomic E-state index is -0.145. The second kappa shape index (κ2) is 11.2. The molecule has 1 amide bonds. The van der Waals surface area contributed by atoms with Gasteiger partial charge in [0.1, 0.15) is 5.75 Å². The fraction of sp³-hybridized carbons (Fsp3) is 0.414. The smallest absolute Gasteiger partial charge is 0.251 e. The van der Waals surface area contributed by atoms with Crippen LogP contribution in [0.15, 0.2) is 42.7 Å². The second-order valence-corrected chi connectivity index (χ2v) is 9.85. The van der Waals surface area contributed by atoms with Gasteiger partial charge in [-0.2, -0.15) is 5.26 Å². The van der Waals surface area contributed by atoms with Crippen molar-refractivity contribution < 1.29 is 14.3 Å². The zero-order valence-electron chi connectivity index (χ0n) is 21.8. The zero-order chi connectivity index (χ0) is 26.5. The van der Waals surface area contributed by atoms with Gasteiger partial charge in [0.05, 0.1) is 24.6 Å². The molecule has 9 heteroatoms. The van der Waals surface area contributed by atoms with E-state index in [0.717, 1.165) is 54.6 Å². The molecule has 2 aliphatic rings. The van der Waals surface area contributed by atoms with Crippen molar-refractivity contribution in [3.8, 4) is 23.1 Å². The van der Waals surface area contributed by atoms with E-state index in [1.54, 1.807) is 31.5 Å². The maximum absolute atomic E-state index is 12.8. The molecule has 9 nitrogen and oxygen atoms in total. The van der Waals surface area contributed by atoms with E-state index < -0.39 is 0 Å². The molecule has 1 aromatic carbocycles. The van der Waals surface area contributed by atoms with E-state index in [0.29, 0.717) is 42.6 Å². The number of ether oxygens (including phenoxy) is 2. The third-order valence-corrected chi connectivity index (χ3v) is 7.69. The number of benzene rings is 1. The lowest BCUT2D eigenvalue weighted by atomic mass is 9.77. The number of aryl methyl sites for hydroxylation is 1. The molecular weight excluding hydrogens is 480 g/mol. The van der Waals surface area contributed by atoms with E-state index in [1.165, 1.54) is 0 Å². The molecule has 1 unspecified atom stereocenters. The lowest BCUT2D eigenvalue weighted by molar-refractivity contribution is 0.0696. The van der Waals surface area contributed by atoms with Gasteiger partial charge in [-0.3, -0.25) is 9.78 Å². The molecule has 3 aromatic rings. The normalized spacial score (nSPS) is 18.9. The Hall–Kier alpha value is -4.03. The van der Waals surface area contributed by atoms with Crippen LogP contribution in [-0.4, -0.2) is 47.2 Å². The van der Waals surface area contributed by atoms with E-state index in [1.807, 2.05) is 12.3 Å². The maximum Gasteiger partial charge on any atom is 0.251 e. The fourth-order valence-corrected chi connectivity index (χ4v) is 5.36. The molecule has 5 rings (SSSR count). The van der Waals surface area contributed by atoms with E-state index >= 15 is 0 Å². The minimum Gasteiger partial charge on any atom is -0.495 e. The molecule has 0 bridgehead atoms. The number of methoxy groups -OCH3 is 1. The second-order valence-electron chi connectivity index (χ2n) is 9.85. The SMILES string of the molecule is CCC1(CC#N)CCc2ncc(-c3ccnc(Nc4ccc(C(=O)NC5CCOCC5)cc4OC)n3)cc21. The summed E-state index contributed by atoms with van der Waals surface area (Å²) >= 11 is 0. The standard InChI is InChI=1S/C29H32N6O3/c1-3-29(11-12-30)10-6-24-22(29)16-20(18-32-24)23-7-13-31-28(34-23)35-25-5-4-19(17-26(25)37-2)27(36)33-21-8-14-38-15-9-21/h4-5,7,13,16-18,21H,3,6,8-11,14-15H2,1-2H3,(H,33,36)(H,31,34,35). The number of anilines is 2. The van der Waals surface area contributed by atoms with Crippen LogP contribution in [-0.2, 0) is 16.6 Å². The summed E-state index contributed by atoms with van der Waals surface area (Å²) < 4.78 is 10.9. The fourth-order valence-electron chi connectivity index (χ4n) is 5.36. The molecule has 1 fully saturated rings. The maximum atomic E-state index is 12.8. The van der Waals surface area contributed by atoms with Gasteiger partial charge in [-0.05, 0) is 68.0 Å². The molecular formula is C29H32N6O3. The van der Waals surface area contributed by atoms with Gasteiger partial charge in [-0.25, -0.2) is 9.97 Å². The number of hydrogen-bond donors (Lipinski definition) is 2. The molecule has 0 saturated carbocycles. The number of rotatable bonds is 8. The Labute approximate surface area is 222 Å². The first-order valence-electron chi connectivity index (χ1n) is 13.1. The van der Waals surface area contributed by atoms with Crippen molar-refractivity contribution in [3.05, 3.63) is 59.5 Å². The van der Waals surface area contributed by atoms with Crippen molar-refractivity contribution in [1.29, 1.82) is 5.26 Å². The van der Waals surface area contributed by atoms with Crippen molar-refractivity contribution in [2.24, 2.45) is 0 Å². The number of aromatic nitrogens is 3. The van der Waals surface area contributed by atoms with Gasteiger partial charge in [0.15, 0.2) is 0 Å². The number of carbonyl (C=O) groups is 1. The number of nitrogens with zero attached hydrogens (tertiary/aromatic N) is 4. The minimum absolute atomic E-state index is 0.118. The number of carbonyl (C=O) groups excluding carboxylic acids is 1. The van der Waals surface area contributed by atoms with Crippen molar-refractivity contribution in [3.63, 3.8) is 0 Å². The molecule has 0 radical (unpaired) electrons. The van der Waals surface area contributed by atoms with Gasteiger partial charge in [0.25, 0.3) is 5.91 Å². The lowest BCUT2D eigenvalue weighted by Crippen LogP contribution is -2.38. The van der Waals surface area contributed by atoms with Crippen molar-refractivity contribution in [2.75, 3.05) is 25.6 Å². The average molecular weight is 513 g/mol. The highest BCUT2D eigenvalue weighted by molar-refractivity contribution is 5.95. The monoisotopic (exact) mass is 512 g/mol. The van der Waals surface area contributed by atoms with Gasteiger partial charge in [-0.15, -0.1) is 0 Å². The number of fused-ring (bicyclic) bond motifs is 1. The predicted molar refractivity (Wildman–Crippen MR) is 143 cm³/mol. The highest BCUT2D eigenvalue weighted by atomic mass is 16.5. The van der Waals surface area contributed by atoms with Crippen LogP contribution in [0.3, 0.4) is 0 Å². The number of nitrogens with one attached hydrogen (secondary N) is 2. The van der Waals surface area contributed by atoms with E-state index in [-0.39, 0.29) is 17.4 Å². The van der Waals surface area contributed by atoms with Gasteiger partial charge in [0.2, 0.25) is 5.95 Å². The summed E-state index contributed by atoms with van der Waals surface area (Å²) in [5.41, 5.74) is 4.88. The molecule has 2 aromatic heterocycles. The first kappa shape index (κ1) is 25.6. The summed E-state index contributed by atoms with van der Waals surface area (Å²) in [4.78, 5) is 26.6. The average Bonchev–Trinajstić information content (AvgIpc) is 3.32. The largest absolute Gasteiger partial charge is 0.495 e. The van der Waals surface area contributed by atoms with Crippen LogP contribution >= 0.6 is 0 Å².